The molecule has 0 unspecified atom stereocenters. The van der Waals surface area contributed by atoms with Crippen molar-refractivity contribution >= 4 is 23.4 Å². The number of carbonyl (C=O) groups excluding carboxylic acids is 1. The Labute approximate surface area is 116 Å². The molecule has 1 amide bonds. The Hall–Kier alpha value is -2.44. The molecule has 0 radical (unpaired) electrons. The number of hydrogen-bond acceptors (Lipinski definition) is 5. The van der Waals surface area contributed by atoms with Crippen molar-refractivity contribution in [1.82, 2.24) is 4.90 Å². The fraction of sp³-hybridized carbons (Fsp3) is 0.385. The lowest BCUT2D eigenvalue weighted by atomic mass is 10.0. The summed E-state index contributed by atoms with van der Waals surface area (Å²) in [4.78, 5) is 23.7. The first kappa shape index (κ1) is 14.0. The van der Waals surface area contributed by atoms with Crippen LogP contribution in [0.4, 0.5) is 16.2 Å². The summed E-state index contributed by atoms with van der Waals surface area (Å²) in [6, 6.07) is 4.74. The van der Waals surface area contributed by atoms with Gasteiger partial charge in [-0.25, -0.2) is 9.59 Å². The van der Waals surface area contributed by atoms with Crippen molar-refractivity contribution in [3.63, 3.8) is 0 Å². The summed E-state index contributed by atoms with van der Waals surface area (Å²) in [5.41, 5.74) is 7.32. The number of nitrogens with two attached hydrogens (primary N) is 1. The molecule has 20 heavy (non-hydrogen) atoms. The van der Waals surface area contributed by atoms with E-state index in [1.807, 2.05) is 0 Å². The minimum atomic E-state index is -0.917. The van der Waals surface area contributed by atoms with Gasteiger partial charge in [-0.1, -0.05) is 0 Å². The van der Waals surface area contributed by atoms with E-state index in [0.29, 0.717) is 30.0 Å². The summed E-state index contributed by atoms with van der Waals surface area (Å²) in [6.07, 6.45) is -0.102. The number of nitrogens with one attached hydrogen (secondary N) is 1. The molecule has 0 saturated carbocycles. The second-order valence-electron chi connectivity index (χ2n) is 4.59. The SMILES string of the molecule is COC(=O)c1ccc(N)c(NC[C@@H]2CCN2C(=O)O)c1. The summed E-state index contributed by atoms with van der Waals surface area (Å²) in [5, 5.41) is 12.0. The maximum absolute atomic E-state index is 11.4. The number of hydrogen-bond donors (Lipinski definition) is 3. The molecule has 7 heteroatoms. The molecule has 0 aliphatic carbocycles. The lowest BCUT2D eigenvalue weighted by Crippen LogP contribution is -2.53. The van der Waals surface area contributed by atoms with Crippen LogP contribution in [0.3, 0.4) is 0 Å². The number of benzene rings is 1. The zero-order valence-corrected chi connectivity index (χ0v) is 11.1. The van der Waals surface area contributed by atoms with Crippen LogP contribution >= 0.6 is 0 Å². The number of esters is 1. The molecule has 1 heterocycles. The fourth-order valence-electron chi connectivity index (χ4n) is 2.09. The number of likely N-dealkylation sites (tertiary alicyclic amines) is 1. The van der Waals surface area contributed by atoms with Crippen molar-refractivity contribution in [3.8, 4) is 0 Å². The summed E-state index contributed by atoms with van der Waals surface area (Å²) in [5.74, 6) is -0.441. The van der Waals surface area contributed by atoms with Gasteiger partial charge in [0.05, 0.1) is 30.1 Å². The van der Waals surface area contributed by atoms with E-state index in [1.165, 1.54) is 12.0 Å². The summed E-state index contributed by atoms with van der Waals surface area (Å²) in [6.45, 7) is 1.01. The van der Waals surface area contributed by atoms with Crippen LogP contribution in [-0.2, 0) is 4.74 Å². The van der Waals surface area contributed by atoms with Gasteiger partial charge in [-0.2, -0.15) is 0 Å². The van der Waals surface area contributed by atoms with Crippen LogP contribution in [0.1, 0.15) is 16.8 Å². The van der Waals surface area contributed by atoms with E-state index >= 15 is 0 Å². The number of carboxylic acid groups (broad SMARTS) is 1. The van der Waals surface area contributed by atoms with Gasteiger partial charge < -0.3 is 25.8 Å². The van der Waals surface area contributed by atoms with Gasteiger partial charge in [0.15, 0.2) is 0 Å². The third-order valence-corrected chi connectivity index (χ3v) is 3.39. The van der Waals surface area contributed by atoms with Gasteiger partial charge in [-0.3, -0.25) is 0 Å². The van der Waals surface area contributed by atoms with Gasteiger partial charge in [0.1, 0.15) is 0 Å². The summed E-state index contributed by atoms with van der Waals surface area (Å²) in [7, 11) is 1.31. The molecule has 1 fully saturated rings. The van der Waals surface area contributed by atoms with Gasteiger partial charge >= 0.3 is 12.1 Å². The number of rotatable bonds is 4. The van der Waals surface area contributed by atoms with Crippen molar-refractivity contribution in [2.45, 2.75) is 12.5 Å². The van der Waals surface area contributed by atoms with E-state index in [4.69, 9.17) is 10.8 Å². The first-order valence-corrected chi connectivity index (χ1v) is 6.24. The Morgan fingerprint density at radius 1 is 1.55 bits per heavy atom. The Bertz CT molecular complexity index is 532. The molecule has 1 aromatic rings. The van der Waals surface area contributed by atoms with Crippen LogP contribution in [0, 0.1) is 0 Å². The normalized spacial score (nSPS) is 17.2. The zero-order valence-electron chi connectivity index (χ0n) is 11.1. The smallest absolute Gasteiger partial charge is 0.407 e. The summed E-state index contributed by atoms with van der Waals surface area (Å²) >= 11 is 0. The largest absolute Gasteiger partial charge is 0.465 e. The first-order valence-electron chi connectivity index (χ1n) is 6.24. The quantitative estimate of drug-likeness (QED) is 0.565. The second kappa shape index (κ2) is 5.68. The Morgan fingerprint density at radius 2 is 2.30 bits per heavy atom. The van der Waals surface area contributed by atoms with E-state index < -0.39 is 12.1 Å². The Balaban J connectivity index is 2.02. The molecule has 7 nitrogen and oxygen atoms in total. The van der Waals surface area contributed by atoms with E-state index in [1.54, 1.807) is 18.2 Å². The highest BCUT2D eigenvalue weighted by Gasteiger charge is 2.31. The van der Waals surface area contributed by atoms with E-state index in [0.717, 1.165) is 6.42 Å². The van der Waals surface area contributed by atoms with Gasteiger partial charge in [-0.05, 0) is 24.6 Å². The van der Waals surface area contributed by atoms with Crippen molar-refractivity contribution in [1.29, 1.82) is 0 Å². The molecule has 0 bridgehead atoms. The number of ether oxygens (including phenoxy) is 1. The second-order valence-corrected chi connectivity index (χ2v) is 4.59. The number of anilines is 2. The Morgan fingerprint density at radius 3 is 2.85 bits per heavy atom. The molecule has 1 aromatic carbocycles. The molecule has 1 aliphatic heterocycles. The van der Waals surface area contributed by atoms with Gasteiger partial charge in [0.2, 0.25) is 0 Å². The highest BCUT2D eigenvalue weighted by Crippen LogP contribution is 2.23. The predicted molar refractivity (Wildman–Crippen MR) is 73.8 cm³/mol. The summed E-state index contributed by atoms with van der Waals surface area (Å²) < 4.78 is 4.64. The first-order chi connectivity index (χ1) is 9.52. The molecular weight excluding hydrogens is 262 g/mol. The van der Waals surface area contributed by atoms with E-state index in [2.05, 4.69) is 10.1 Å². The molecule has 1 aliphatic rings. The van der Waals surface area contributed by atoms with Gasteiger partial charge in [0, 0.05) is 13.1 Å². The Kier molecular flexibility index (Phi) is 3.97. The molecule has 4 N–H and O–H groups in total. The van der Waals surface area contributed by atoms with E-state index in [-0.39, 0.29) is 6.04 Å². The minimum absolute atomic E-state index is 0.0614. The standard InChI is InChI=1S/C13H17N3O4/c1-20-12(17)8-2-3-10(14)11(6-8)15-7-9-4-5-16(9)13(18)19/h2-3,6,9,15H,4-5,7,14H2,1H3,(H,18,19)/t9-/m0/s1. The van der Waals surface area contributed by atoms with Crippen molar-refractivity contribution in [2.75, 3.05) is 31.2 Å². The van der Waals surface area contributed by atoms with Crippen molar-refractivity contribution in [3.05, 3.63) is 23.8 Å². The topological polar surface area (TPSA) is 105 Å². The highest BCUT2D eigenvalue weighted by atomic mass is 16.5. The number of nitrogen functional groups attached to an aromatic ring is 1. The molecule has 1 atom stereocenters. The minimum Gasteiger partial charge on any atom is -0.465 e. The van der Waals surface area contributed by atoms with E-state index in [9.17, 15) is 9.59 Å². The molecular formula is C13H17N3O4. The average Bonchev–Trinajstić information content (AvgIpc) is 2.38. The monoisotopic (exact) mass is 279 g/mol. The maximum atomic E-state index is 11.4. The van der Waals surface area contributed by atoms with Gasteiger partial charge in [0.25, 0.3) is 0 Å². The third-order valence-electron chi connectivity index (χ3n) is 3.39. The fourth-order valence-corrected chi connectivity index (χ4v) is 2.09. The van der Waals surface area contributed by atoms with Crippen LogP contribution in [0.2, 0.25) is 0 Å². The van der Waals surface area contributed by atoms with Crippen LogP contribution in [0.15, 0.2) is 18.2 Å². The zero-order chi connectivity index (χ0) is 14.7. The van der Waals surface area contributed by atoms with Crippen molar-refractivity contribution < 1.29 is 19.4 Å². The number of nitrogens with zero attached hydrogens (tertiary/aromatic N) is 1. The lowest BCUT2D eigenvalue weighted by molar-refractivity contribution is 0.0600. The van der Waals surface area contributed by atoms with Crippen LogP contribution in [0.25, 0.3) is 0 Å². The van der Waals surface area contributed by atoms with Crippen LogP contribution < -0.4 is 11.1 Å². The molecule has 0 spiro atoms. The third kappa shape index (κ3) is 2.76. The molecule has 108 valence electrons. The number of methoxy groups -OCH3 is 1. The van der Waals surface area contributed by atoms with Crippen molar-refractivity contribution in [2.24, 2.45) is 0 Å². The maximum Gasteiger partial charge on any atom is 0.407 e. The van der Waals surface area contributed by atoms with Crippen LogP contribution in [-0.4, -0.2) is 48.3 Å². The number of amides is 1. The molecule has 0 aromatic heterocycles. The van der Waals surface area contributed by atoms with Gasteiger partial charge in [-0.15, -0.1) is 0 Å². The molecule has 2 rings (SSSR count). The average molecular weight is 279 g/mol. The predicted octanol–water partition coefficient (Wildman–Crippen LogP) is 1.22. The molecule has 1 saturated heterocycles. The highest BCUT2D eigenvalue weighted by molar-refractivity contribution is 5.91. The lowest BCUT2D eigenvalue weighted by Gasteiger charge is -2.39. The van der Waals surface area contributed by atoms with Crippen LogP contribution in [0.5, 0.6) is 0 Å². The number of carbonyl (C=O) groups is 2.